The third-order valence-corrected chi connectivity index (χ3v) is 4.81. The number of para-hydroxylation sites is 1. The molecule has 0 spiro atoms. The lowest BCUT2D eigenvalue weighted by atomic mass is 10.1. The molecule has 0 saturated carbocycles. The summed E-state index contributed by atoms with van der Waals surface area (Å²) in [6.45, 7) is 0.195. The predicted octanol–water partition coefficient (Wildman–Crippen LogP) is 3.49. The fourth-order valence-electron chi connectivity index (χ4n) is 2.60. The number of ether oxygens (including phenoxy) is 2. The first-order valence-electron chi connectivity index (χ1n) is 8.37. The maximum absolute atomic E-state index is 12.5. The van der Waals surface area contributed by atoms with Crippen LogP contribution in [0, 0.1) is 0 Å². The topological polar surface area (TPSA) is 89.0 Å². The van der Waals surface area contributed by atoms with Crippen molar-refractivity contribution in [3.63, 3.8) is 0 Å². The first-order chi connectivity index (χ1) is 13.7. The number of fused-ring (bicyclic) bond motifs is 1. The zero-order chi connectivity index (χ0) is 19.3. The summed E-state index contributed by atoms with van der Waals surface area (Å²) in [6.07, 6.45) is 1.51. The molecule has 3 aromatic rings. The highest BCUT2D eigenvalue weighted by Crippen LogP contribution is 2.31. The SMILES string of the molecule is O=C(Nc1ccccc1C(=O)NN=Cc1ccc2c(c1)OCO2)c1cccs1. The van der Waals surface area contributed by atoms with Crippen molar-refractivity contribution < 1.29 is 19.1 Å². The van der Waals surface area contributed by atoms with Crippen LogP contribution in [0.1, 0.15) is 25.6 Å². The number of anilines is 1. The molecule has 1 aromatic heterocycles. The lowest BCUT2D eigenvalue weighted by molar-refractivity contribution is 0.0956. The normalized spacial score (nSPS) is 12.1. The van der Waals surface area contributed by atoms with Crippen LogP contribution in [-0.4, -0.2) is 24.8 Å². The standard InChI is InChI=1S/C20H15N3O4S/c24-19(23-21-11-13-7-8-16-17(10-13)27-12-26-16)14-4-1-2-5-15(14)22-20(25)18-6-3-9-28-18/h1-11H,12H2,(H,22,25)(H,23,24). The van der Waals surface area contributed by atoms with E-state index in [0.29, 0.717) is 27.6 Å². The Bertz CT molecular complexity index is 1050. The van der Waals surface area contributed by atoms with E-state index in [1.165, 1.54) is 17.6 Å². The number of thiophene rings is 1. The van der Waals surface area contributed by atoms with Gasteiger partial charge in [0.05, 0.1) is 22.3 Å². The van der Waals surface area contributed by atoms with E-state index in [0.717, 1.165) is 5.56 Å². The molecular weight excluding hydrogens is 378 g/mol. The highest BCUT2D eigenvalue weighted by atomic mass is 32.1. The second-order valence-electron chi connectivity index (χ2n) is 5.79. The van der Waals surface area contributed by atoms with E-state index in [-0.39, 0.29) is 12.7 Å². The number of carbonyl (C=O) groups is 2. The van der Waals surface area contributed by atoms with E-state index in [1.807, 2.05) is 5.38 Å². The number of nitrogens with one attached hydrogen (secondary N) is 2. The molecule has 0 fully saturated rings. The van der Waals surface area contributed by atoms with Gasteiger partial charge >= 0.3 is 0 Å². The Morgan fingerprint density at radius 1 is 1.00 bits per heavy atom. The summed E-state index contributed by atoms with van der Waals surface area (Å²) in [4.78, 5) is 25.3. The third kappa shape index (κ3) is 3.86. The van der Waals surface area contributed by atoms with Gasteiger partial charge < -0.3 is 14.8 Å². The molecule has 0 aliphatic carbocycles. The molecule has 0 atom stereocenters. The average molecular weight is 393 g/mol. The van der Waals surface area contributed by atoms with Crippen LogP contribution < -0.4 is 20.2 Å². The number of carbonyl (C=O) groups excluding carboxylic acids is 2. The van der Waals surface area contributed by atoms with Crippen molar-refractivity contribution in [2.24, 2.45) is 5.10 Å². The van der Waals surface area contributed by atoms with E-state index in [9.17, 15) is 9.59 Å². The molecule has 0 radical (unpaired) electrons. The van der Waals surface area contributed by atoms with E-state index in [4.69, 9.17) is 9.47 Å². The Hall–Kier alpha value is -3.65. The molecule has 2 amide bonds. The zero-order valence-corrected chi connectivity index (χ0v) is 15.4. The molecule has 0 unspecified atom stereocenters. The maximum Gasteiger partial charge on any atom is 0.273 e. The van der Waals surface area contributed by atoms with Gasteiger partial charge in [0.25, 0.3) is 11.8 Å². The van der Waals surface area contributed by atoms with E-state index in [2.05, 4.69) is 15.8 Å². The summed E-state index contributed by atoms with van der Waals surface area (Å²) in [7, 11) is 0. The molecule has 0 saturated heterocycles. The van der Waals surface area contributed by atoms with Crippen molar-refractivity contribution in [3.05, 3.63) is 76.0 Å². The summed E-state index contributed by atoms with van der Waals surface area (Å²) in [5.74, 6) is 0.617. The first kappa shape index (κ1) is 17.7. The highest BCUT2D eigenvalue weighted by Gasteiger charge is 2.15. The minimum Gasteiger partial charge on any atom is -0.454 e. The van der Waals surface area contributed by atoms with Gasteiger partial charge in [-0.3, -0.25) is 9.59 Å². The monoisotopic (exact) mass is 393 g/mol. The van der Waals surface area contributed by atoms with Gasteiger partial charge in [-0.25, -0.2) is 5.43 Å². The largest absolute Gasteiger partial charge is 0.454 e. The summed E-state index contributed by atoms with van der Waals surface area (Å²) in [5, 5.41) is 8.56. The fraction of sp³-hybridized carbons (Fsp3) is 0.0500. The van der Waals surface area contributed by atoms with Crippen LogP contribution in [-0.2, 0) is 0 Å². The second-order valence-corrected chi connectivity index (χ2v) is 6.74. The van der Waals surface area contributed by atoms with Crippen LogP contribution in [0.15, 0.2) is 65.1 Å². The van der Waals surface area contributed by atoms with Gasteiger partial charge in [-0.1, -0.05) is 18.2 Å². The van der Waals surface area contributed by atoms with Crippen LogP contribution >= 0.6 is 11.3 Å². The quantitative estimate of drug-likeness (QED) is 0.513. The molecule has 4 rings (SSSR count). The molecule has 0 bridgehead atoms. The summed E-state index contributed by atoms with van der Waals surface area (Å²) < 4.78 is 10.6. The van der Waals surface area contributed by atoms with Gasteiger partial charge in [-0.15, -0.1) is 11.3 Å². The van der Waals surface area contributed by atoms with Crippen LogP contribution in [0.3, 0.4) is 0 Å². The van der Waals surface area contributed by atoms with Gasteiger partial charge in [-0.2, -0.15) is 5.10 Å². The molecule has 8 heteroatoms. The lowest BCUT2D eigenvalue weighted by Crippen LogP contribution is -2.21. The third-order valence-electron chi connectivity index (χ3n) is 3.94. The molecule has 2 N–H and O–H groups in total. The van der Waals surface area contributed by atoms with E-state index >= 15 is 0 Å². The molecular formula is C20H15N3O4S. The number of hydrogen-bond donors (Lipinski definition) is 2. The summed E-state index contributed by atoms with van der Waals surface area (Å²) in [6, 6.07) is 15.6. The van der Waals surface area contributed by atoms with Gasteiger partial charge in [0, 0.05) is 0 Å². The minimum absolute atomic E-state index is 0.195. The van der Waals surface area contributed by atoms with Crippen LogP contribution in [0.2, 0.25) is 0 Å². The van der Waals surface area contributed by atoms with Crippen molar-refractivity contribution in [3.8, 4) is 11.5 Å². The van der Waals surface area contributed by atoms with Crippen molar-refractivity contribution >= 4 is 35.1 Å². The number of nitrogens with zero attached hydrogens (tertiary/aromatic N) is 1. The zero-order valence-electron chi connectivity index (χ0n) is 14.5. The highest BCUT2D eigenvalue weighted by molar-refractivity contribution is 7.12. The first-order valence-corrected chi connectivity index (χ1v) is 9.25. The molecule has 28 heavy (non-hydrogen) atoms. The van der Waals surface area contributed by atoms with Crippen LogP contribution in [0.5, 0.6) is 11.5 Å². The molecule has 2 aromatic carbocycles. The Labute approximate surface area is 164 Å². The number of hydrazone groups is 1. The molecule has 1 aliphatic heterocycles. The van der Waals surface area contributed by atoms with Gasteiger partial charge in [-0.05, 0) is 47.3 Å². The number of rotatable bonds is 5. The fourth-order valence-corrected chi connectivity index (χ4v) is 3.22. The van der Waals surface area contributed by atoms with Crippen molar-refractivity contribution in [1.29, 1.82) is 0 Å². The maximum atomic E-state index is 12.5. The Morgan fingerprint density at radius 2 is 1.86 bits per heavy atom. The minimum atomic E-state index is -0.431. The van der Waals surface area contributed by atoms with Gasteiger partial charge in [0.2, 0.25) is 6.79 Å². The Kier molecular flexibility index (Phi) is 5.03. The smallest absolute Gasteiger partial charge is 0.273 e. The number of hydrogen-bond acceptors (Lipinski definition) is 6. The van der Waals surface area contributed by atoms with E-state index < -0.39 is 5.91 Å². The number of benzene rings is 2. The Morgan fingerprint density at radius 3 is 2.71 bits per heavy atom. The van der Waals surface area contributed by atoms with Crippen LogP contribution in [0.25, 0.3) is 0 Å². The lowest BCUT2D eigenvalue weighted by Gasteiger charge is -2.09. The van der Waals surface area contributed by atoms with Gasteiger partial charge in [0.15, 0.2) is 11.5 Å². The van der Waals surface area contributed by atoms with Crippen molar-refractivity contribution in [2.75, 3.05) is 12.1 Å². The van der Waals surface area contributed by atoms with E-state index in [1.54, 1.807) is 54.6 Å². The summed E-state index contributed by atoms with van der Waals surface area (Å²) >= 11 is 1.33. The molecule has 1 aliphatic rings. The van der Waals surface area contributed by atoms with Crippen LogP contribution in [0.4, 0.5) is 5.69 Å². The van der Waals surface area contributed by atoms with Crippen molar-refractivity contribution in [2.45, 2.75) is 0 Å². The predicted molar refractivity (Wildman–Crippen MR) is 106 cm³/mol. The molecule has 140 valence electrons. The van der Waals surface area contributed by atoms with Gasteiger partial charge in [0.1, 0.15) is 0 Å². The Balaban J connectivity index is 1.44. The van der Waals surface area contributed by atoms with Crippen molar-refractivity contribution in [1.82, 2.24) is 5.43 Å². The molecule has 7 nitrogen and oxygen atoms in total. The summed E-state index contributed by atoms with van der Waals surface area (Å²) in [5.41, 5.74) is 3.96. The number of amides is 2. The second kappa shape index (κ2) is 7.93. The average Bonchev–Trinajstić information content (AvgIpc) is 3.40. The molecule has 2 heterocycles.